The first-order chi connectivity index (χ1) is 13.3. The second-order valence-corrected chi connectivity index (χ2v) is 6.58. The van der Waals surface area contributed by atoms with Crippen molar-refractivity contribution < 1.29 is 14.3 Å². The van der Waals surface area contributed by atoms with Gasteiger partial charge in [0.1, 0.15) is 17.5 Å². The minimum absolute atomic E-state index is 0.0614. The van der Waals surface area contributed by atoms with Crippen molar-refractivity contribution >= 4 is 5.97 Å². The van der Waals surface area contributed by atoms with Gasteiger partial charge in [-0.1, -0.05) is 6.07 Å². The highest BCUT2D eigenvalue weighted by atomic mass is 16.6. The first kappa shape index (κ1) is 19.3. The molecule has 1 aliphatic heterocycles. The topological polar surface area (TPSA) is 152 Å². The van der Waals surface area contributed by atoms with Crippen molar-refractivity contribution in [2.75, 3.05) is 0 Å². The van der Waals surface area contributed by atoms with Crippen LogP contribution < -0.4 is 11.2 Å². The lowest BCUT2D eigenvalue weighted by Crippen LogP contribution is -2.42. The molecule has 1 fully saturated rings. The molecule has 0 amide bonds. The lowest BCUT2D eigenvalue weighted by Gasteiger charge is -2.30. The molecular formula is C17H18N6O5. The zero-order chi connectivity index (χ0) is 20.3. The Labute approximate surface area is 158 Å². The van der Waals surface area contributed by atoms with Crippen LogP contribution in [0.3, 0.4) is 0 Å². The van der Waals surface area contributed by atoms with Crippen LogP contribution in [0.2, 0.25) is 0 Å². The van der Waals surface area contributed by atoms with E-state index in [1.165, 1.54) is 23.0 Å². The van der Waals surface area contributed by atoms with Crippen molar-refractivity contribution in [2.24, 2.45) is 5.11 Å². The summed E-state index contributed by atoms with van der Waals surface area (Å²) in [5, 5.41) is 3.57. The van der Waals surface area contributed by atoms with Crippen LogP contribution in [0.1, 0.15) is 42.0 Å². The normalized spacial score (nSPS) is 22.3. The predicted molar refractivity (Wildman–Crippen MR) is 96.4 cm³/mol. The Morgan fingerprint density at radius 1 is 1.54 bits per heavy atom. The van der Waals surface area contributed by atoms with Gasteiger partial charge in [0.15, 0.2) is 0 Å². The second kappa shape index (κ2) is 7.67. The first-order valence-corrected chi connectivity index (χ1v) is 8.50. The number of nitrogens with one attached hydrogen (secondary N) is 1. The molecule has 3 rings (SSSR count). The smallest absolute Gasteiger partial charge is 0.357 e. The number of aromatic nitrogens is 3. The van der Waals surface area contributed by atoms with Crippen LogP contribution in [0.5, 0.6) is 0 Å². The molecule has 0 spiro atoms. The van der Waals surface area contributed by atoms with Gasteiger partial charge >= 0.3 is 11.7 Å². The molecule has 28 heavy (non-hydrogen) atoms. The average molecular weight is 386 g/mol. The number of H-pyrrole nitrogens is 1. The molecule has 2 aromatic heterocycles. The Kier molecular flexibility index (Phi) is 5.30. The molecular weight excluding hydrogens is 368 g/mol. The minimum atomic E-state index is -1.27. The Morgan fingerprint density at radius 2 is 2.32 bits per heavy atom. The molecule has 0 bridgehead atoms. The van der Waals surface area contributed by atoms with Crippen molar-refractivity contribution in [2.45, 2.75) is 44.7 Å². The predicted octanol–water partition coefficient (Wildman–Crippen LogP) is 1.80. The SMILES string of the molecule is Cc1cn([C@H]2CC[C@@](C)(C(N=[N+]=[N-])OC(=O)c3ccccn3)O2)c(=O)[nH]c1=O. The molecule has 146 valence electrons. The van der Waals surface area contributed by atoms with E-state index in [1.807, 2.05) is 0 Å². The lowest BCUT2D eigenvalue weighted by atomic mass is 10.0. The van der Waals surface area contributed by atoms with Gasteiger partial charge in [-0.2, -0.15) is 0 Å². The molecule has 2 aromatic rings. The van der Waals surface area contributed by atoms with Gasteiger partial charge in [0.2, 0.25) is 6.23 Å². The minimum Gasteiger partial charge on any atom is -0.448 e. The van der Waals surface area contributed by atoms with Crippen LogP contribution in [0.4, 0.5) is 0 Å². The summed E-state index contributed by atoms with van der Waals surface area (Å²) >= 11 is 0. The number of azide groups is 1. The van der Waals surface area contributed by atoms with Gasteiger partial charge in [-0.25, -0.2) is 14.6 Å². The molecule has 1 unspecified atom stereocenters. The maximum absolute atomic E-state index is 12.3. The van der Waals surface area contributed by atoms with E-state index in [9.17, 15) is 14.4 Å². The van der Waals surface area contributed by atoms with Crippen LogP contribution in [0, 0.1) is 6.92 Å². The highest BCUT2D eigenvalue weighted by molar-refractivity contribution is 5.87. The number of nitrogens with zero attached hydrogens (tertiary/aromatic N) is 5. The van der Waals surface area contributed by atoms with Gasteiger partial charge in [0.25, 0.3) is 5.56 Å². The van der Waals surface area contributed by atoms with Crippen molar-refractivity contribution in [1.82, 2.24) is 14.5 Å². The van der Waals surface area contributed by atoms with E-state index >= 15 is 0 Å². The molecule has 1 saturated heterocycles. The van der Waals surface area contributed by atoms with Gasteiger partial charge < -0.3 is 9.47 Å². The van der Waals surface area contributed by atoms with Gasteiger partial charge in [-0.05, 0) is 49.5 Å². The Balaban J connectivity index is 1.83. The number of hydrogen-bond donors (Lipinski definition) is 1. The number of esters is 1. The van der Waals surface area contributed by atoms with E-state index in [1.54, 1.807) is 26.0 Å². The molecule has 11 nitrogen and oxygen atoms in total. The van der Waals surface area contributed by atoms with Crippen LogP contribution in [0.15, 0.2) is 45.3 Å². The largest absolute Gasteiger partial charge is 0.448 e. The fourth-order valence-electron chi connectivity index (χ4n) is 2.98. The van der Waals surface area contributed by atoms with Gasteiger partial charge in [0.05, 0.1) is 0 Å². The summed E-state index contributed by atoms with van der Waals surface area (Å²) in [7, 11) is 0. The van der Waals surface area contributed by atoms with Crippen molar-refractivity contribution in [3.05, 3.63) is 73.1 Å². The number of pyridine rings is 1. The molecule has 3 atom stereocenters. The number of hydrogen-bond acceptors (Lipinski definition) is 7. The van der Waals surface area contributed by atoms with Crippen LogP contribution >= 0.6 is 0 Å². The molecule has 3 heterocycles. The summed E-state index contributed by atoms with van der Waals surface area (Å²) < 4.78 is 12.5. The third kappa shape index (κ3) is 3.80. The Bertz CT molecular complexity index is 1040. The summed E-state index contributed by atoms with van der Waals surface area (Å²) in [5.41, 5.74) is 7.05. The molecule has 0 aliphatic carbocycles. The zero-order valence-electron chi connectivity index (χ0n) is 15.2. The van der Waals surface area contributed by atoms with Crippen molar-refractivity contribution in [3.63, 3.8) is 0 Å². The summed E-state index contributed by atoms with van der Waals surface area (Å²) in [5.74, 6) is -0.761. The highest BCUT2D eigenvalue weighted by Crippen LogP contribution is 2.39. The number of carbonyl (C=O) groups excluding carboxylic acids is 1. The fraction of sp³-hybridized carbons (Fsp3) is 0.412. The molecule has 1 N–H and O–H groups in total. The number of aromatic amines is 1. The maximum Gasteiger partial charge on any atom is 0.357 e. The van der Waals surface area contributed by atoms with Crippen LogP contribution in [-0.2, 0) is 9.47 Å². The number of ether oxygens (including phenoxy) is 2. The number of carbonyl (C=O) groups is 1. The van der Waals surface area contributed by atoms with E-state index in [4.69, 9.17) is 15.0 Å². The number of rotatable bonds is 5. The molecule has 11 heteroatoms. The zero-order valence-corrected chi connectivity index (χ0v) is 15.2. The van der Waals surface area contributed by atoms with Crippen LogP contribution in [-0.4, -0.2) is 32.3 Å². The highest BCUT2D eigenvalue weighted by Gasteiger charge is 2.45. The van der Waals surface area contributed by atoms with Gasteiger partial charge in [0, 0.05) is 22.9 Å². The molecule has 1 aliphatic rings. The average Bonchev–Trinajstić information content (AvgIpc) is 3.08. The van der Waals surface area contributed by atoms with E-state index < -0.39 is 35.3 Å². The van der Waals surface area contributed by atoms with E-state index in [2.05, 4.69) is 20.0 Å². The standard InChI is InChI=1S/C17H18N6O5/c1-10-9-23(16(26)20-13(10)24)12-6-7-17(2,28-12)15(21-22-18)27-14(25)11-5-3-4-8-19-11/h3-5,8-9,12,15H,6-7H2,1-2H3,(H,20,24,26)/t12-,15?,17+/m1/s1. The third-order valence-electron chi connectivity index (χ3n) is 4.52. The van der Waals surface area contributed by atoms with E-state index in [0.29, 0.717) is 18.4 Å². The summed E-state index contributed by atoms with van der Waals surface area (Å²) in [4.78, 5) is 44.8. The fourth-order valence-corrected chi connectivity index (χ4v) is 2.98. The van der Waals surface area contributed by atoms with E-state index in [0.717, 1.165) is 0 Å². The van der Waals surface area contributed by atoms with Crippen LogP contribution in [0.25, 0.3) is 10.4 Å². The summed E-state index contributed by atoms with van der Waals surface area (Å²) in [6, 6.07) is 4.75. The van der Waals surface area contributed by atoms with Crippen molar-refractivity contribution in [1.29, 1.82) is 0 Å². The summed E-state index contributed by atoms with van der Waals surface area (Å²) in [6.45, 7) is 3.20. The molecule has 0 saturated carbocycles. The van der Waals surface area contributed by atoms with Crippen molar-refractivity contribution in [3.8, 4) is 0 Å². The molecule has 0 radical (unpaired) electrons. The Morgan fingerprint density at radius 3 is 3.00 bits per heavy atom. The molecule has 0 aromatic carbocycles. The first-order valence-electron chi connectivity index (χ1n) is 8.50. The lowest BCUT2D eigenvalue weighted by molar-refractivity contribution is -0.127. The second-order valence-electron chi connectivity index (χ2n) is 6.58. The number of aryl methyl sites for hydroxylation is 1. The monoisotopic (exact) mass is 386 g/mol. The maximum atomic E-state index is 12.3. The third-order valence-corrected chi connectivity index (χ3v) is 4.52. The Hall–Kier alpha value is -3.43. The van der Waals surface area contributed by atoms with E-state index in [-0.39, 0.29) is 5.69 Å². The van der Waals surface area contributed by atoms with Gasteiger partial charge in [-0.15, -0.1) is 0 Å². The van der Waals surface area contributed by atoms with Gasteiger partial charge in [-0.3, -0.25) is 14.3 Å². The summed E-state index contributed by atoms with van der Waals surface area (Å²) in [6.07, 6.45) is 1.60. The quantitative estimate of drug-likeness (QED) is 0.358.